The molecule has 0 spiro atoms. The van der Waals surface area contributed by atoms with Crippen LogP contribution in [0.15, 0.2) is 30.3 Å². The largest absolute Gasteiger partial charge is 0.324 e. The Morgan fingerprint density at radius 2 is 1.58 bits per heavy atom. The van der Waals surface area contributed by atoms with Crippen molar-refractivity contribution in [1.29, 1.82) is 0 Å². The van der Waals surface area contributed by atoms with Crippen molar-refractivity contribution < 1.29 is 0 Å². The average Bonchev–Trinajstić information content (AvgIpc) is 3.02. The van der Waals surface area contributed by atoms with Gasteiger partial charge in [0, 0.05) is 12.1 Å². The van der Waals surface area contributed by atoms with E-state index >= 15 is 0 Å². The SMILES string of the molecule is NC(c1ccccc1)C1CCC(N2CCCC2)CC1. The number of hydrogen-bond acceptors (Lipinski definition) is 2. The summed E-state index contributed by atoms with van der Waals surface area (Å²) in [6, 6.07) is 11.7. The van der Waals surface area contributed by atoms with Crippen LogP contribution >= 0.6 is 0 Å². The molecule has 1 aromatic carbocycles. The van der Waals surface area contributed by atoms with Crippen molar-refractivity contribution >= 4 is 0 Å². The van der Waals surface area contributed by atoms with E-state index in [4.69, 9.17) is 5.73 Å². The molecule has 0 aromatic heterocycles. The molecule has 1 saturated heterocycles. The maximum atomic E-state index is 6.46. The maximum absolute atomic E-state index is 6.46. The second-order valence-electron chi connectivity index (χ2n) is 6.25. The quantitative estimate of drug-likeness (QED) is 0.901. The van der Waals surface area contributed by atoms with Crippen LogP contribution in [0.3, 0.4) is 0 Å². The van der Waals surface area contributed by atoms with Crippen LogP contribution in [0.4, 0.5) is 0 Å². The fourth-order valence-electron chi connectivity index (χ4n) is 3.88. The smallest absolute Gasteiger partial charge is 0.0323 e. The van der Waals surface area contributed by atoms with E-state index in [1.807, 2.05) is 0 Å². The van der Waals surface area contributed by atoms with E-state index in [2.05, 4.69) is 35.2 Å². The summed E-state index contributed by atoms with van der Waals surface area (Å²) in [6.07, 6.45) is 8.12. The topological polar surface area (TPSA) is 29.3 Å². The molecule has 0 radical (unpaired) electrons. The average molecular weight is 258 g/mol. The van der Waals surface area contributed by atoms with Crippen molar-refractivity contribution in [3.63, 3.8) is 0 Å². The Morgan fingerprint density at radius 1 is 0.947 bits per heavy atom. The molecule has 2 nitrogen and oxygen atoms in total. The summed E-state index contributed by atoms with van der Waals surface area (Å²) >= 11 is 0. The molecule has 1 aromatic rings. The molecule has 2 N–H and O–H groups in total. The summed E-state index contributed by atoms with van der Waals surface area (Å²) in [4.78, 5) is 2.71. The Morgan fingerprint density at radius 3 is 2.21 bits per heavy atom. The summed E-state index contributed by atoms with van der Waals surface area (Å²) in [5, 5.41) is 0. The molecule has 0 amide bonds. The summed E-state index contributed by atoms with van der Waals surface area (Å²) in [5.74, 6) is 0.682. The van der Waals surface area contributed by atoms with Crippen LogP contribution in [0, 0.1) is 5.92 Å². The molecule has 2 aliphatic rings. The van der Waals surface area contributed by atoms with Gasteiger partial charge < -0.3 is 10.6 Å². The van der Waals surface area contributed by atoms with Gasteiger partial charge >= 0.3 is 0 Å². The predicted molar refractivity (Wildman–Crippen MR) is 79.9 cm³/mol. The molecule has 19 heavy (non-hydrogen) atoms. The number of benzene rings is 1. The normalized spacial score (nSPS) is 30.4. The van der Waals surface area contributed by atoms with Gasteiger partial charge in [-0.05, 0) is 63.1 Å². The van der Waals surface area contributed by atoms with Gasteiger partial charge in [-0.15, -0.1) is 0 Å². The first-order valence-electron chi connectivity index (χ1n) is 7.89. The third-order valence-corrected chi connectivity index (χ3v) is 5.09. The Hall–Kier alpha value is -0.860. The first-order valence-corrected chi connectivity index (χ1v) is 7.89. The number of nitrogens with zero attached hydrogens (tertiary/aromatic N) is 1. The minimum atomic E-state index is 0.237. The van der Waals surface area contributed by atoms with Crippen molar-refractivity contribution in [2.75, 3.05) is 13.1 Å². The highest BCUT2D eigenvalue weighted by Gasteiger charge is 2.30. The van der Waals surface area contributed by atoms with Gasteiger partial charge in [0.15, 0.2) is 0 Å². The monoisotopic (exact) mass is 258 g/mol. The van der Waals surface area contributed by atoms with Crippen LogP contribution < -0.4 is 5.73 Å². The number of rotatable bonds is 3. The van der Waals surface area contributed by atoms with Crippen LogP contribution in [0.5, 0.6) is 0 Å². The van der Waals surface area contributed by atoms with Gasteiger partial charge in [0.25, 0.3) is 0 Å². The zero-order valence-electron chi connectivity index (χ0n) is 11.8. The molecule has 1 unspecified atom stereocenters. The highest BCUT2D eigenvalue weighted by atomic mass is 15.2. The molecule has 1 heterocycles. The summed E-state index contributed by atoms with van der Waals surface area (Å²) in [5.41, 5.74) is 7.77. The molecule has 0 bridgehead atoms. The van der Waals surface area contributed by atoms with Gasteiger partial charge in [0.1, 0.15) is 0 Å². The van der Waals surface area contributed by atoms with Crippen LogP contribution in [-0.2, 0) is 0 Å². The van der Waals surface area contributed by atoms with E-state index in [0.29, 0.717) is 5.92 Å². The van der Waals surface area contributed by atoms with E-state index in [0.717, 1.165) is 6.04 Å². The highest BCUT2D eigenvalue weighted by Crippen LogP contribution is 2.35. The Kier molecular flexibility index (Phi) is 4.19. The van der Waals surface area contributed by atoms with Crippen molar-refractivity contribution in [3.05, 3.63) is 35.9 Å². The molecule has 3 rings (SSSR count). The van der Waals surface area contributed by atoms with Crippen molar-refractivity contribution in [2.24, 2.45) is 11.7 Å². The number of likely N-dealkylation sites (tertiary alicyclic amines) is 1. The van der Waals surface area contributed by atoms with E-state index in [1.54, 1.807) is 0 Å². The summed E-state index contributed by atoms with van der Waals surface area (Å²) < 4.78 is 0. The fraction of sp³-hybridized carbons (Fsp3) is 0.647. The third-order valence-electron chi connectivity index (χ3n) is 5.09. The van der Waals surface area contributed by atoms with E-state index in [9.17, 15) is 0 Å². The second-order valence-corrected chi connectivity index (χ2v) is 6.25. The van der Waals surface area contributed by atoms with Gasteiger partial charge in [0.05, 0.1) is 0 Å². The highest BCUT2D eigenvalue weighted by molar-refractivity contribution is 5.19. The van der Waals surface area contributed by atoms with Gasteiger partial charge in [-0.1, -0.05) is 30.3 Å². The Bertz CT molecular complexity index is 376. The lowest BCUT2D eigenvalue weighted by atomic mass is 9.79. The number of nitrogens with two attached hydrogens (primary N) is 1. The lowest BCUT2D eigenvalue weighted by molar-refractivity contribution is 0.154. The van der Waals surface area contributed by atoms with Gasteiger partial charge in [-0.2, -0.15) is 0 Å². The molecule has 2 heteroatoms. The van der Waals surface area contributed by atoms with Crippen LogP contribution in [0.1, 0.15) is 50.1 Å². The molecule has 1 aliphatic carbocycles. The predicted octanol–water partition coefficient (Wildman–Crippen LogP) is 3.34. The first-order chi connectivity index (χ1) is 9.34. The fourth-order valence-corrected chi connectivity index (χ4v) is 3.88. The maximum Gasteiger partial charge on any atom is 0.0323 e. The van der Waals surface area contributed by atoms with Crippen LogP contribution in [-0.4, -0.2) is 24.0 Å². The minimum Gasteiger partial charge on any atom is -0.324 e. The van der Waals surface area contributed by atoms with Crippen molar-refractivity contribution in [2.45, 2.75) is 50.6 Å². The lowest BCUT2D eigenvalue weighted by Gasteiger charge is -2.36. The van der Waals surface area contributed by atoms with E-state index in [1.165, 1.54) is 57.2 Å². The van der Waals surface area contributed by atoms with Crippen molar-refractivity contribution in [1.82, 2.24) is 4.90 Å². The molecule has 2 fully saturated rings. The van der Waals surface area contributed by atoms with Gasteiger partial charge in [-0.25, -0.2) is 0 Å². The molecule has 1 saturated carbocycles. The van der Waals surface area contributed by atoms with Gasteiger partial charge in [-0.3, -0.25) is 0 Å². The van der Waals surface area contributed by atoms with Crippen LogP contribution in [0.25, 0.3) is 0 Å². The first kappa shape index (κ1) is 13.1. The molecule has 104 valence electrons. The molecular weight excluding hydrogens is 232 g/mol. The Balaban J connectivity index is 1.55. The lowest BCUT2D eigenvalue weighted by Crippen LogP contribution is -2.37. The zero-order chi connectivity index (χ0) is 13.1. The van der Waals surface area contributed by atoms with Crippen molar-refractivity contribution in [3.8, 4) is 0 Å². The van der Waals surface area contributed by atoms with Crippen LogP contribution in [0.2, 0.25) is 0 Å². The molecule has 1 atom stereocenters. The van der Waals surface area contributed by atoms with E-state index in [-0.39, 0.29) is 6.04 Å². The molecule has 1 aliphatic heterocycles. The number of hydrogen-bond donors (Lipinski definition) is 1. The zero-order valence-corrected chi connectivity index (χ0v) is 11.8. The van der Waals surface area contributed by atoms with E-state index < -0.39 is 0 Å². The summed E-state index contributed by atoms with van der Waals surface area (Å²) in [6.45, 7) is 2.67. The standard InChI is InChI=1S/C17H26N2/c18-17(14-6-2-1-3-7-14)15-8-10-16(11-9-15)19-12-4-5-13-19/h1-3,6-7,15-17H,4-5,8-13,18H2. The second kappa shape index (κ2) is 6.06. The summed E-state index contributed by atoms with van der Waals surface area (Å²) in [7, 11) is 0. The molecular formula is C17H26N2. The third kappa shape index (κ3) is 3.01. The Labute approximate surface area is 117 Å². The minimum absolute atomic E-state index is 0.237. The van der Waals surface area contributed by atoms with Gasteiger partial charge in [0.2, 0.25) is 0 Å².